The molecule has 0 atom stereocenters. The zero-order valence-electron chi connectivity index (χ0n) is 14.2. The quantitative estimate of drug-likeness (QED) is 0.740. The molecule has 26 heavy (non-hydrogen) atoms. The van der Waals surface area contributed by atoms with Crippen molar-refractivity contribution in [2.45, 2.75) is 51.4 Å². The maximum Gasteiger partial charge on any atom is 0.436 e. The maximum atomic E-state index is 13.0. The van der Waals surface area contributed by atoms with E-state index in [9.17, 15) is 18.0 Å². The lowest BCUT2D eigenvalue weighted by Crippen LogP contribution is -2.29. The lowest BCUT2D eigenvalue weighted by Gasteiger charge is -2.09. The normalized spacial score (nSPS) is 14.7. The molecular weight excluding hydrogens is 371 g/mol. The number of halogens is 4. The van der Waals surface area contributed by atoms with Crippen LogP contribution in [-0.2, 0) is 24.1 Å². The number of amides is 1. The molecule has 6 nitrogen and oxygen atoms in total. The Kier molecular flexibility index (Phi) is 5.27. The van der Waals surface area contributed by atoms with Crippen LogP contribution in [-0.4, -0.2) is 32.0 Å². The molecule has 1 fully saturated rings. The second-order valence-electron chi connectivity index (χ2n) is 6.38. The number of carbonyl (C=O) groups is 1. The van der Waals surface area contributed by atoms with Gasteiger partial charge in [0.05, 0.1) is 10.7 Å². The van der Waals surface area contributed by atoms with Crippen molar-refractivity contribution in [2.75, 3.05) is 6.54 Å². The van der Waals surface area contributed by atoms with Crippen molar-refractivity contribution in [2.24, 2.45) is 0 Å². The molecule has 0 saturated heterocycles. The van der Waals surface area contributed by atoms with Crippen molar-refractivity contribution >= 4 is 17.5 Å². The highest BCUT2D eigenvalue weighted by molar-refractivity contribution is 6.32. The van der Waals surface area contributed by atoms with Crippen molar-refractivity contribution in [1.29, 1.82) is 0 Å². The second kappa shape index (κ2) is 7.30. The molecule has 0 unspecified atom stereocenters. The molecule has 0 aromatic carbocycles. The molecule has 2 heterocycles. The molecular formula is C16H19ClF3N5O. The first-order chi connectivity index (χ1) is 12.3. The van der Waals surface area contributed by atoms with Crippen LogP contribution >= 0.6 is 11.6 Å². The van der Waals surface area contributed by atoms with Gasteiger partial charge >= 0.3 is 6.18 Å². The lowest BCUT2D eigenvalue weighted by molar-refractivity contribution is -0.141. The van der Waals surface area contributed by atoms with Gasteiger partial charge in [-0.3, -0.25) is 14.2 Å². The smallest absolute Gasteiger partial charge is 0.354 e. The Morgan fingerprint density at radius 1 is 1.38 bits per heavy atom. The SMILES string of the molecule is Cc1ccnn1CC(=O)NCCCn1nc(C(F)(F)F)c(Cl)c1C1CC1. The fraction of sp³-hybridized carbons (Fsp3) is 0.562. The molecule has 0 aliphatic heterocycles. The van der Waals surface area contributed by atoms with Crippen LogP contribution in [0.25, 0.3) is 0 Å². The number of hydrogen-bond donors (Lipinski definition) is 1. The van der Waals surface area contributed by atoms with E-state index < -0.39 is 11.9 Å². The van der Waals surface area contributed by atoms with E-state index in [0.717, 1.165) is 18.5 Å². The van der Waals surface area contributed by atoms with E-state index in [0.29, 0.717) is 18.7 Å². The highest BCUT2D eigenvalue weighted by Gasteiger charge is 2.41. The number of alkyl halides is 3. The van der Waals surface area contributed by atoms with Crippen LogP contribution in [0.4, 0.5) is 13.2 Å². The van der Waals surface area contributed by atoms with Crippen molar-refractivity contribution < 1.29 is 18.0 Å². The Morgan fingerprint density at radius 2 is 2.12 bits per heavy atom. The van der Waals surface area contributed by atoms with Gasteiger partial charge in [0.2, 0.25) is 5.91 Å². The Bertz CT molecular complexity index is 794. The zero-order chi connectivity index (χ0) is 18.9. The van der Waals surface area contributed by atoms with E-state index >= 15 is 0 Å². The summed E-state index contributed by atoms with van der Waals surface area (Å²) in [6.45, 7) is 2.56. The number of aryl methyl sites for hydroxylation is 2. The lowest BCUT2D eigenvalue weighted by atomic mass is 10.2. The Hall–Kier alpha value is -2.03. The molecule has 1 N–H and O–H groups in total. The van der Waals surface area contributed by atoms with Crippen molar-refractivity contribution in [1.82, 2.24) is 24.9 Å². The van der Waals surface area contributed by atoms with Crippen molar-refractivity contribution in [3.63, 3.8) is 0 Å². The summed E-state index contributed by atoms with van der Waals surface area (Å²) in [5.41, 5.74) is 0.303. The summed E-state index contributed by atoms with van der Waals surface area (Å²) < 4.78 is 41.9. The molecule has 2 aromatic heterocycles. The van der Waals surface area contributed by atoms with Gasteiger partial charge in [0.25, 0.3) is 0 Å². The van der Waals surface area contributed by atoms with Crippen LogP contribution in [0.3, 0.4) is 0 Å². The molecule has 0 radical (unpaired) electrons. The van der Waals surface area contributed by atoms with E-state index in [1.54, 1.807) is 16.9 Å². The maximum absolute atomic E-state index is 13.0. The highest BCUT2D eigenvalue weighted by Crippen LogP contribution is 2.46. The minimum absolute atomic E-state index is 0.0449. The van der Waals surface area contributed by atoms with Crippen molar-refractivity contribution in [3.8, 4) is 0 Å². The van der Waals surface area contributed by atoms with Crippen LogP contribution < -0.4 is 5.32 Å². The third kappa shape index (κ3) is 4.20. The zero-order valence-corrected chi connectivity index (χ0v) is 14.9. The first-order valence-electron chi connectivity index (χ1n) is 8.36. The number of hydrogen-bond acceptors (Lipinski definition) is 3. The highest BCUT2D eigenvalue weighted by atomic mass is 35.5. The predicted octanol–water partition coefficient (Wildman–Crippen LogP) is 3.14. The first-order valence-corrected chi connectivity index (χ1v) is 8.73. The van der Waals surface area contributed by atoms with E-state index in [2.05, 4.69) is 15.5 Å². The van der Waals surface area contributed by atoms with Gasteiger partial charge in [0.15, 0.2) is 5.69 Å². The second-order valence-corrected chi connectivity index (χ2v) is 6.75. The van der Waals surface area contributed by atoms with E-state index in [4.69, 9.17) is 11.6 Å². The van der Waals surface area contributed by atoms with Gasteiger partial charge in [-0.1, -0.05) is 11.6 Å². The van der Waals surface area contributed by atoms with Crippen LogP contribution in [0.1, 0.15) is 42.3 Å². The van der Waals surface area contributed by atoms with Crippen LogP contribution in [0.15, 0.2) is 12.3 Å². The molecule has 1 saturated carbocycles. The summed E-state index contributed by atoms with van der Waals surface area (Å²) in [7, 11) is 0. The predicted molar refractivity (Wildman–Crippen MR) is 88.8 cm³/mol. The third-order valence-corrected chi connectivity index (χ3v) is 4.63. The molecule has 1 aliphatic carbocycles. The number of aromatic nitrogens is 4. The number of carbonyl (C=O) groups excluding carboxylic acids is 1. The van der Waals surface area contributed by atoms with Gasteiger partial charge in [-0.05, 0) is 32.3 Å². The van der Waals surface area contributed by atoms with E-state index in [-0.39, 0.29) is 29.9 Å². The van der Waals surface area contributed by atoms with Gasteiger partial charge < -0.3 is 5.32 Å². The average Bonchev–Trinajstić information content (AvgIpc) is 3.22. The average molecular weight is 390 g/mol. The fourth-order valence-corrected chi connectivity index (χ4v) is 3.16. The summed E-state index contributed by atoms with van der Waals surface area (Å²) >= 11 is 5.92. The molecule has 1 aliphatic rings. The molecule has 3 rings (SSSR count). The minimum atomic E-state index is -4.57. The monoisotopic (exact) mass is 389 g/mol. The van der Waals surface area contributed by atoms with Crippen LogP contribution in [0, 0.1) is 6.92 Å². The molecule has 10 heteroatoms. The summed E-state index contributed by atoms with van der Waals surface area (Å²) in [6, 6.07) is 1.80. The molecule has 0 spiro atoms. The van der Waals surface area contributed by atoms with Gasteiger partial charge in [-0.25, -0.2) is 0 Å². The third-order valence-electron chi connectivity index (χ3n) is 4.26. The van der Waals surface area contributed by atoms with Crippen LogP contribution in [0.2, 0.25) is 5.02 Å². The number of rotatable bonds is 7. The minimum Gasteiger partial charge on any atom is -0.354 e. The number of nitrogens with one attached hydrogen (secondary N) is 1. The van der Waals surface area contributed by atoms with Gasteiger partial charge in [0.1, 0.15) is 6.54 Å². The molecule has 2 aromatic rings. The van der Waals surface area contributed by atoms with Crippen molar-refractivity contribution in [3.05, 3.63) is 34.4 Å². The molecule has 0 bridgehead atoms. The van der Waals surface area contributed by atoms with E-state index in [1.165, 1.54) is 4.68 Å². The topological polar surface area (TPSA) is 64.7 Å². The van der Waals surface area contributed by atoms with E-state index in [1.807, 2.05) is 6.92 Å². The van der Waals surface area contributed by atoms with Gasteiger partial charge in [0, 0.05) is 30.9 Å². The van der Waals surface area contributed by atoms with Gasteiger partial charge in [-0.15, -0.1) is 0 Å². The van der Waals surface area contributed by atoms with Crippen LogP contribution in [0.5, 0.6) is 0 Å². The summed E-state index contributed by atoms with van der Waals surface area (Å²) in [4.78, 5) is 11.9. The Balaban J connectivity index is 1.55. The standard InChI is InChI=1S/C16H19ClF3N5O/c1-10-5-7-22-25(10)9-12(26)21-6-2-8-24-14(11-3-4-11)13(17)15(23-24)16(18,19)20/h5,7,11H,2-4,6,8-9H2,1H3,(H,21,26). The molecule has 1 amide bonds. The first kappa shape index (κ1) is 18.8. The largest absolute Gasteiger partial charge is 0.436 e. The number of nitrogens with zero attached hydrogens (tertiary/aromatic N) is 4. The van der Waals surface area contributed by atoms with Gasteiger partial charge in [-0.2, -0.15) is 23.4 Å². The fourth-order valence-electron chi connectivity index (χ4n) is 2.76. The summed E-state index contributed by atoms with van der Waals surface area (Å²) in [5.74, 6) is -0.155. The molecule has 142 valence electrons. The Morgan fingerprint density at radius 3 is 2.69 bits per heavy atom. The summed E-state index contributed by atoms with van der Waals surface area (Å²) in [5, 5.41) is 10.1. The summed E-state index contributed by atoms with van der Waals surface area (Å²) in [6.07, 6.45) is -0.853. The Labute approximate surface area is 153 Å².